The lowest BCUT2D eigenvalue weighted by atomic mass is 9.84. The van der Waals surface area contributed by atoms with Crippen LogP contribution in [-0.2, 0) is 0 Å². The number of hydrogen-bond acceptors (Lipinski definition) is 3. The van der Waals surface area contributed by atoms with Gasteiger partial charge in [0.15, 0.2) is 0 Å². The molecule has 3 nitrogen and oxygen atoms in total. The normalized spacial score (nSPS) is 15.9. The number of benzene rings is 3. The summed E-state index contributed by atoms with van der Waals surface area (Å²) < 4.78 is 0. The van der Waals surface area contributed by atoms with Gasteiger partial charge in [-0.3, -0.25) is 0 Å². The molecule has 1 atom stereocenters. The van der Waals surface area contributed by atoms with Crippen molar-refractivity contribution in [3.63, 3.8) is 0 Å². The number of aryl methyl sites for hydroxylation is 3. The van der Waals surface area contributed by atoms with Crippen molar-refractivity contribution in [3.8, 4) is 28.0 Å². The Labute approximate surface area is 177 Å². The average Bonchev–Trinajstić information content (AvgIpc) is 2.71. The maximum Gasteiger partial charge on any atom is 0.131 e. The fourth-order valence-corrected chi connectivity index (χ4v) is 4.36. The van der Waals surface area contributed by atoms with Crippen molar-refractivity contribution >= 4 is 11.3 Å². The zero-order valence-corrected chi connectivity index (χ0v) is 17.4. The third-order valence-corrected chi connectivity index (χ3v) is 5.62. The Bertz CT molecular complexity index is 1180. The van der Waals surface area contributed by atoms with E-state index < -0.39 is 6.10 Å². The molecule has 0 saturated heterocycles. The summed E-state index contributed by atoms with van der Waals surface area (Å²) in [6.45, 7) is 6.19. The van der Waals surface area contributed by atoms with Gasteiger partial charge in [0.05, 0.1) is 5.71 Å². The smallest absolute Gasteiger partial charge is 0.131 e. The molecule has 0 bridgehead atoms. The van der Waals surface area contributed by atoms with Crippen LogP contribution < -0.4 is 0 Å². The molecule has 3 aromatic carbocycles. The number of allylic oxidation sites excluding steroid dienone is 2. The Balaban J connectivity index is 2.02. The van der Waals surface area contributed by atoms with Gasteiger partial charge in [-0.15, -0.1) is 0 Å². The lowest BCUT2D eigenvalue weighted by Gasteiger charge is -2.22. The SMILES string of the molecule is Cc1cc(C)c(-c2ccc(C3=CC=CC(O)C3=N)c(-c3ccccc3)c2O)c(C)c1. The van der Waals surface area contributed by atoms with Crippen molar-refractivity contribution < 1.29 is 10.2 Å². The molecule has 0 amide bonds. The second-order valence-electron chi connectivity index (χ2n) is 7.85. The van der Waals surface area contributed by atoms with Gasteiger partial charge in [-0.05, 0) is 54.7 Å². The van der Waals surface area contributed by atoms with E-state index in [1.807, 2.05) is 48.5 Å². The van der Waals surface area contributed by atoms with E-state index in [0.717, 1.165) is 33.4 Å². The summed E-state index contributed by atoms with van der Waals surface area (Å²) in [5, 5.41) is 30.0. The highest BCUT2D eigenvalue weighted by molar-refractivity contribution is 6.27. The number of hydrogen-bond donors (Lipinski definition) is 3. The van der Waals surface area contributed by atoms with Crippen LogP contribution in [0.15, 0.2) is 72.8 Å². The first-order chi connectivity index (χ1) is 14.4. The van der Waals surface area contributed by atoms with Gasteiger partial charge >= 0.3 is 0 Å². The van der Waals surface area contributed by atoms with Crippen molar-refractivity contribution in [2.45, 2.75) is 26.9 Å². The molecule has 1 unspecified atom stereocenters. The summed E-state index contributed by atoms with van der Waals surface area (Å²) in [6, 6.07) is 17.8. The lowest BCUT2D eigenvalue weighted by Crippen LogP contribution is -2.20. The summed E-state index contributed by atoms with van der Waals surface area (Å²) in [7, 11) is 0. The number of aromatic hydroxyl groups is 1. The number of aliphatic hydroxyl groups is 1. The third kappa shape index (κ3) is 3.38. The molecule has 0 fully saturated rings. The van der Waals surface area contributed by atoms with Crippen LogP contribution in [0.3, 0.4) is 0 Å². The average molecular weight is 396 g/mol. The van der Waals surface area contributed by atoms with Crippen molar-refractivity contribution in [3.05, 3.63) is 95.1 Å². The maximum atomic E-state index is 11.5. The van der Waals surface area contributed by atoms with Crippen molar-refractivity contribution in [2.24, 2.45) is 0 Å². The summed E-state index contributed by atoms with van der Waals surface area (Å²) in [6.07, 6.45) is 4.21. The topological polar surface area (TPSA) is 64.3 Å². The summed E-state index contributed by atoms with van der Waals surface area (Å²) in [5.41, 5.74) is 8.22. The second-order valence-corrected chi connectivity index (χ2v) is 7.85. The molecule has 0 saturated carbocycles. The van der Waals surface area contributed by atoms with Gasteiger partial charge in [-0.2, -0.15) is 0 Å². The summed E-state index contributed by atoms with van der Waals surface area (Å²) >= 11 is 0. The number of aliphatic hydroxyl groups excluding tert-OH is 1. The van der Waals surface area contributed by atoms with Crippen LogP contribution in [0, 0.1) is 26.2 Å². The lowest BCUT2D eigenvalue weighted by molar-refractivity contribution is 0.289. The predicted molar refractivity (Wildman–Crippen MR) is 124 cm³/mol. The highest BCUT2D eigenvalue weighted by Gasteiger charge is 2.24. The Morgan fingerprint density at radius 3 is 2.13 bits per heavy atom. The number of rotatable bonds is 3. The van der Waals surface area contributed by atoms with E-state index in [1.54, 1.807) is 12.2 Å². The molecule has 0 aromatic heterocycles. The molecule has 30 heavy (non-hydrogen) atoms. The Morgan fingerprint density at radius 2 is 1.47 bits per heavy atom. The molecule has 0 spiro atoms. The van der Waals surface area contributed by atoms with E-state index in [2.05, 4.69) is 32.9 Å². The van der Waals surface area contributed by atoms with E-state index >= 15 is 0 Å². The molecular weight excluding hydrogens is 370 g/mol. The molecule has 0 radical (unpaired) electrons. The zero-order chi connectivity index (χ0) is 21.4. The van der Waals surface area contributed by atoms with Gasteiger partial charge in [-0.1, -0.05) is 72.3 Å². The Kier molecular flexibility index (Phi) is 5.15. The number of nitrogens with one attached hydrogen (secondary N) is 1. The molecule has 1 aliphatic carbocycles. The standard InChI is InChI=1S/C27H25NO2/c1-16-14-17(2)24(18(3)15-16)22-13-12-20(21-10-7-11-23(29)26(21)28)25(27(22)30)19-8-5-4-6-9-19/h4-15,23,28-30H,1-3H3. The van der Waals surface area contributed by atoms with Crippen molar-refractivity contribution in [1.82, 2.24) is 0 Å². The number of phenolic OH excluding ortho intramolecular Hbond substituents is 1. The maximum absolute atomic E-state index is 11.5. The van der Waals surface area contributed by atoms with E-state index in [-0.39, 0.29) is 11.5 Å². The van der Waals surface area contributed by atoms with Crippen LogP contribution in [0.2, 0.25) is 0 Å². The fourth-order valence-electron chi connectivity index (χ4n) is 4.36. The van der Waals surface area contributed by atoms with Crippen LogP contribution >= 0.6 is 0 Å². The molecule has 3 heteroatoms. The van der Waals surface area contributed by atoms with Crippen LogP contribution in [0.4, 0.5) is 0 Å². The minimum absolute atomic E-state index is 0.129. The van der Waals surface area contributed by atoms with Gasteiger partial charge in [0.25, 0.3) is 0 Å². The number of phenols is 1. The molecule has 1 aliphatic rings. The highest BCUT2D eigenvalue weighted by atomic mass is 16.3. The Morgan fingerprint density at radius 1 is 0.833 bits per heavy atom. The molecule has 0 heterocycles. The fraction of sp³-hybridized carbons (Fsp3) is 0.148. The zero-order valence-electron chi connectivity index (χ0n) is 17.4. The van der Waals surface area contributed by atoms with E-state index in [0.29, 0.717) is 11.1 Å². The van der Waals surface area contributed by atoms with Crippen LogP contribution in [-0.4, -0.2) is 22.0 Å². The Hall–Kier alpha value is -3.43. The first kappa shape index (κ1) is 19.9. The van der Waals surface area contributed by atoms with E-state index in [4.69, 9.17) is 5.41 Å². The molecule has 3 aromatic rings. The first-order valence-electron chi connectivity index (χ1n) is 10.0. The molecule has 4 rings (SSSR count). The predicted octanol–water partition coefficient (Wildman–Crippen LogP) is 5.99. The minimum atomic E-state index is -0.947. The molecular formula is C27H25NO2. The third-order valence-electron chi connectivity index (χ3n) is 5.62. The van der Waals surface area contributed by atoms with Gasteiger partial charge in [0.1, 0.15) is 11.9 Å². The quantitative estimate of drug-likeness (QED) is 0.510. The first-order valence-corrected chi connectivity index (χ1v) is 10.0. The summed E-state index contributed by atoms with van der Waals surface area (Å²) in [5.74, 6) is 0.187. The van der Waals surface area contributed by atoms with Gasteiger partial charge < -0.3 is 15.6 Å². The minimum Gasteiger partial charge on any atom is -0.507 e. The van der Waals surface area contributed by atoms with Crippen molar-refractivity contribution in [2.75, 3.05) is 0 Å². The van der Waals surface area contributed by atoms with Crippen LogP contribution in [0.1, 0.15) is 22.3 Å². The largest absolute Gasteiger partial charge is 0.507 e. The highest BCUT2D eigenvalue weighted by Crippen LogP contribution is 2.45. The van der Waals surface area contributed by atoms with Crippen molar-refractivity contribution in [1.29, 1.82) is 5.41 Å². The van der Waals surface area contributed by atoms with Gasteiger partial charge in [0, 0.05) is 16.7 Å². The van der Waals surface area contributed by atoms with Gasteiger partial charge in [-0.25, -0.2) is 0 Å². The second kappa shape index (κ2) is 7.77. The molecule has 3 N–H and O–H groups in total. The molecule has 150 valence electrons. The van der Waals surface area contributed by atoms with Crippen LogP contribution in [0.5, 0.6) is 5.75 Å². The monoisotopic (exact) mass is 395 g/mol. The van der Waals surface area contributed by atoms with E-state index in [1.165, 1.54) is 5.56 Å². The summed E-state index contributed by atoms with van der Waals surface area (Å²) in [4.78, 5) is 0. The van der Waals surface area contributed by atoms with E-state index in [9.17, 15) is 10.2 Å². The molecule has 0 aliphatic heterocycles. The van der Waals surface area contributed by atoms with Gasteiger partial charge in [0.2, 0.25) is 0 Å². The van der Waals surface area contributed by atoms with Crippen LogP contribution in [0.25, 0.3) is 27.8 Å².